The Morgan fingerprint density at radius 3 is 2.68 bits per heavy atom. The van der Waals surface area contributed by atoms with Gasteiger partial charge in [0.05, 0.1) is 11.6 Å². The van der Waals surface area contributed by atoms with Crippen LogP contribution in [0.15, 0.2) is 42.0 Å². The molecule has 1 amide bonds. The van der Waals surface area contributed by atoms with E-state index in [1.807, 2.05) is 19.9 Å². The van der Waals surface area contributed by atoms with Crippen molar-refractivity contribution in [2.45, 2.75) is 13.8 Å². The van der Waals surface area contributed by atoms with E-state index >= 15 is 0 Å². The van der Waals surface area contributed by atoms with Crippen molar-refractivity contribution in [1.82, 2.24) is 0 Å². The monoisotopic (exact) mass is 374 g/mol. The first-order chi connectivity index (χ1) is 11.9. The number of ether oxygens (including phenoxy) is 1. The van der Waals surface area contributed by atoms with Gasteiger partial charge in [-0.1, -0.05) is 35.3 Å². The highest BCUT2D eigenvalue weighted by atomic mass is 35.5. The largest absolute Gasteiger partial charge is 0.492 e. The molecule has 128 valence electrons. The minimum Gasteiger partial charge on any atom is -0.492 e. The molecule has 2 rings (SSSR count). The molecule has 0 aliphatic carbocycles. The third-order valence-corrected chi connectivity index (χ3v) is 3.91. The van der Waals surface area contributed by atoms with Crippen LogP contribution in [-0.2, 0) is 4.79 Å². The van der Waals surface area contributed by atoms with E-state index in [0.29, 0.717) is 33.7 Å². The molecule has 0 fully saturated rings. The number of nitriles is 1. The Bertz CT molecular complexity index is 870. The van der Waals surface area contributed by atoms with Crippen molar-refractivity contribution in [2.24, 2.45) is 0 Å². The smallest absolute Gasteiger partial charge is 0.266 e. The van der Waals surface area contributed by atoms with Gasteiger partial charge in [0.1, 0.15) is 17.4 Å². The minimum atomic E-state index is -0.516. The van der Waals surface area contributed by atoms with Crippen LogP contribution in [0.1, 0.15) is 18.1 Å². The van der Waals surface area contributed by atoms with Crippen molar-refractivity contribution < 1.29 is 9.53 Å². The van der Waals surface area contributed by atoms with E-state index in [-0.39, 0.29) is 5.57 Å². The fraction of sp³-hybridized carbons (Fsp3) is 0.158. The average Bonchev–Trinajstić information content (AvgIpc) is 2.58. The lowest BCUT2D eigenvalue weighted by molar-refractivity contribution is -0.112. The number of benzene rings is 2. The van der Waals surface area contributed by atoms with Crippen molar-refractivity contribution in [2.75, 3.05) is 11.9 Å². The third kappa shape index (κ3) is 4.99. The van der Waals surface area contributed by atoms with Crippen LogP contribution in [0.2, 0.25) is 10.0 Å². The predicted molar refractivity (Wildman–Crippen MR) is 101 cm³/mol. The maximum Gasteiger partial charge on any atom is 0.266 e. The first-order valence-corrected chi connectivity index (χ1v) is 8.31. The lowest BCUT2D eigenvalue weighted by atomic mass is 10.1. The van der Waals surface area contributed by atoms with Gasteiger partial charge in [-0.3, -0.25) is 4.79 Å². The molecule has 0 heterocycles. The van der Waals surface area contributed by atoms with Gasteiger partial charge in [-0.2, -0.15) is 5.26 Å². The number of amides is 1. The van der Waals surface area contributed by atoms with E-state index in [0.717, 1.165) is 5.56 Å². The third-order valence-electron chi connectivity index (χ3n) is 3.38. The fourth-order valence-electron chi connectivity index (χ4n) is 2.11. The molecular weight excluding hydrogens is 359 g/mol. The number of anilines is 1. The van der Waals surface area contributed by atoms with Gasteiger partial charge in [0.2, 0.25) is 0 Å². The number of rotatable bonds is 5. The van der Waals surface area contributed by atoms with Crippen molar-refractivity contribution in [1.29, 1.82) is 5.26 Å². The van der Waals surface area contributed by atoms with Gasteiger partial charge in [-0.25, -0.2) is 0 Å². The maximum atomic E-state index is 12.4. The van der Waals surface area contributed by atoms with Crippen LogP contribution in [0.3, 0.4) is 0 Å². The highest BCUT2D eigenvalue weighted by Crippen LogP contribution is 2.27. The summed E-state index contributed by atoms with van der Waals surface area (Å²) in [5.74, 6) is 0.0386. The van der Waals surface area contributed by atoms with Gasteiger partial charge in [-0.05, 0) is 55.3 Å². The lowest BCUT2D eigenvalue weighted by Crippen LogP contribution is -2.14. The number of carbonyl (C=O) groups excluding carboxylic acids is 1. The van der Waals surface area contributed by atoms with Gasteiger partial charge in [0.15, 0.2) is 0 Å². The number of hydrogen-bond acceptors (Lipinski definition) is 3. The zero-order valence-corrected chi connectivity index (χ0v) is 15.3. The summed E-state index contributed by atoms with van der Waals surface area (Å²) in [6.45, 7) is 4.20. The summed E-state index contributed by atoms with van der Waals surface area (Å²) in [6.07, 6.45) is 1.47. The molecule has 0 atom stereocenters. The first kappa shape index (κ1) is 18.9. The molecule has 25 heavy (non-hydrogen) atoms. The van der Waals surface area contributed by atoms with Crippen LogP contribution in [0.25, 0.3) is 6.08 Å². The quantitative estimate of drug-likeness (QED) is 0.574. The molecule has 2 aromatic rings. The molecule has 1 N–H and O–H groups in total. The Kier molecular flexibility index (Phi) is 6.46. The summed E-state index contributed by atoms with van der Waals surface area (Å²) in [4.78, 5) is 12.4. The highest BCUT2D eigenvalue weighted by Gasteiger charge is 2.12. The number of nitrogens with zero attached hydrogens (tertiary/aromatic N) is 1. The molecule has 0 radical (unpaired) electrons. The van der Waals surface area contributed by atoms with Crippen LogP contribution < -0.4 is 10.1 Å². The Morgan fingerprint density at radius 1 is 1.28 bits per heavy atom. The molecule has 4 nitrogen and oxygen atoms in total. The molecular formula is C19H16Cl2N2O2. The molecule has 0 aliphatic heterocycles. The molecule has 2 aromatic carbocycles. The van der Waals surface area contributed by atoms with Gasteiger partial charge < -0.3 is 10.1 Å². The molecule has 0 aromatic heterocycles. The zero-order chi connectivity index (χ0) is 18.4. The second kappa shape index (κ2) is 8.57. The summed E-state index contributed by atoms with van der Waals surface area (Å²) in [5.41, 5.74) is 1.99. The van der Waals surface area contributed by atoms with E-state index in [1.165, 1.54) is 6.08 Å². The number of aryl methyl sites for hydroxylation is 1. The van der Waals surface area contributed by atoms with Gasteiger partial charge in [0, 0.05) is 10.7 Å². The van der Waals surface area contributed by atoms with Gasteiger partial charge in [0.25, 0.3) is 5.91 Å². The van der Waals surface area contributed by atoms with Crippen LogP contribution in [0.4, 0.5) is 5.69 Å². The first-order valence-electron chi connectivity index (χ1n) is 7.56. The Morgan fingerprint density at radius 2 is 2.04 bits per heavy atom. The standard InChI is InChI=1S/C19H16Cl2N2O2/c1-3-25-18-7-5-13(9-16(18)21)8-14(11-22)19(24)23-17-10-15(20)6-4-12(17)2/h4-10H,3H2,1-2H3,(H,23,24)/b14-8-. The van der Waals surface area contributed by atoms with Crippen molar-refractivity contribution in [3.63, 3.8) is 0 Å². The van der Waals surface area contributed by atoms with Crippen LogP contribution in [-0.4, -0.2) is 12.5 Å². The molecule has 0 saturated heterocycles. The van der Waals surface area contributed by atoms with E-state index < -0.39 is 5.91 Å². The van der Waals surface area contributed by atoms with Crippen molar-refractivity contribution in [3.8, 4) is 11.8 Å². The van der Waals surface area contributed by atoms with Gasteiger partial charge in [-0.15, -0.1) is 0 Å². The molecule has 0 spiro atoms. The Labute approximate surface area is 156 Å². The van der Waals surface area contributed by atoms with Crippen LogP contribution in [0, 0.1) is 18.3 Å². The van der Waals surface area contributed by atoms with Crippen LogP contribution >= 0.6 is 23.2 Å². The Hall–Kier alpha value is -2.48. The number of hydrogen-bond donors (Lipinski definition) is 1. The second-order valence-corrected chi connectivity index (χ2v) is 6.05. The summed E-state index contributed by atoms with van der Waals surface area (Å²) in [5, 5.41) is 12.9. The topological polar surface area (TPSA) is 62.1 Å². The number of nitrogens with one attached hydrogen (secondary N) is 1. The lowest BCUT2D eigenvalue weighted by Gasteiger charge is -2.09. The molecule has 0 bridgehead atoms. The predicted octanol–water partition coefficient (Wildman–Crippen LogP) is 5.25. The van der Waals surface area contributed by atoms with Crippen LogP contribution in [0.5, 0.6) is 5.75 Å². The van der Waals surface area contributed by atoms with Crippen molar-refractivity contribution >= 4 is 40.9 Å². The van der Waals surface area contributed by atoms with E-state index in [1.54, 1.807) is 36.4 Å². The molecule has 0 unspecified atom stereocenters. The summed E-state index contributed by atoms with van der Waals surface area (Å²) < 4.78 is 5.36. The second-order valence-electron chi connectivity index (χ2n) is 5.21. The van der Waals surface area contributed by atoms with E-state index in [2.05, 4.69) is 5.32 Å². The Balaban J connectivity index is 2.25. The maximum absolute atomic E-state index is 12.4. The average molecular weight is 375 g/mol. The summed E-state index contributed by atoms with van der Waals surface area (Å²) in [7, 11) is 0. The SMILES string of the molecule is CCOc1ccc(/C=C(/C#N)C(=O)Nc2cc(Cl)ccc2C)cc1Cl. The minimum absolute atomic E-state index is 0.0420. The fourth-order valence-corrected chi connectivity index (χ4v) is 2.53. The normalized spacial score (nSPS) is 10.9. The molecule has 0 aliphatic rings. The summed E-state index contributed by atoms with van der Waals surface area (Å²) >= 11 is 12.1. The number of carbonyl (C=O) groups is 1. The van der Waals surface area contributed by atoms with Crippen molar-refractivity contribution in [3.05, 3.63) is 63.1 Å². The highest BCUT2D eigenvalue weighted by molar-refractivity contribution is 6.32. The molecule has 6 heteroatoms. The van der Waals surface area contributed by atoms with E-state index in [9.17, 15) is 10.1 Å². The summed E-state index contributed by atoms with van der Waals surface area (Å²) in [6, 6.07) is 12.1. The number of halogens is 2. The van der Waals surface area contributed by atoms with Gasteiger partial charge >= 0.3 is 0 Å². The van der Waals surface area contributed by atoms with E-state index in [4.69, 9.17) is 27.9 Å². The zero-order valence-electron chi connectivity index (χ0n) is 13.8. The molecule has 0 saturated carbocycles.